The number of halogens is 6. The van der Waals surface area contributed by atoms with Crippen molar-refractivity contribution in [2.24, 2.45) is 0 Å². The SMILES string of the molecule is OB(Oc1cccc(C(F)(F)F)c1)OC(F)(F)F. The molecule has 0 heterocycles. The van der Waals surface area contributed by atoms with Crippen LogP contribution in [0.5, 0.6) is 5.75 Å². The second-order valence-electron chi connectivity index (χ2n) is 3.01. The van der Waals surface area contributed by atoms with Crippen molar-refractivity contribution in [1.82, 2.24) is 0 Å². The van der Waals surface area contributed by atoms with E-state index in [9.17, 15) is 26.3 Å². The molecule has 0 aliphatic heterocycles. The zero-order valence-electron chi connectivity index (χ0n) is 8.42. The van der Waals surface area contributed by atoms with Crippen LogP contribution in [-0.4, -0.2) is 18.7 Å². The Kier molecular flexibility index (Phi) is 4.12. The van der Waals surface area contributed by atoms with E-state index in [4.69, 9.17) is 5.02 Å². The van der Waals surface area contributed by atoms with Gasteiger partial charge in [0, 0.05) is 0 Å². The molecule has 0 fully saturated rings. The Bertz CT molecular complexity index is 405. The number of rotatable bonds is 3. The van der Waals surface area contributed by atoms with E-state index in [-0.39, 0.29) is 0 Å². The van der Waals surface area contributed by atoms with Gasteiger partial charge in [-0.15, -0.1) is 13.2 Å². The van der Waals surface area contributed by atoms with Crippen molar-refractivity contribution in [1.29, 1.82) is 0 Å². The number of alkyl halides is 6. The molecular weight excluding hydrogens is 269 g/mol. The van der Waals surface area contributed by atoms with Crippen molar-refractivity contribution >= 4 is 7.32 Å². The first kappa shape index (κ1) is 14.6. The Morgan fingerprint density at radius 3 is 2.17 bits per heavy atom. The number of hydrogen-bond acceptors (Lipinski definition) is 3. The molecule has 0 aliphatic rings. The lowest BCUT2D eigenvalue weighted by molar-refractivity contribution is -0.288. The molecule has 0 saturated carbocycles. The maximum Gasteiger partial charge on any atom is 0.716 e. The topological polar surface area (TPSA) is 38.7 Å². The van der Waals surface area contributed by atoms with Gasteiger partial charge in [0.15, 0.2) is 0 Å². The summed E-state index contributed by atoms with van der Waals surface area (Å²) in [4.78, 5) is 0. The van der Waals surface area contributed by atoms with Crippen LogP contribution < -0.4 is 4.65 Å². The molecule has 1 aromatic rings. The van der Waals surface area contributed by atoms with Crippen LogP contribution in [0.2, 0.25) is 0 Å². The van der Waals surface area contributed by atoms with Gasteiger partial charge in [0.25, 0.3) is 0 Å². The zero-order valence-corrected chi connectivity index (χ0v) is 8.42. The molecule has 1 rings (SSSR count). The van der Waals surface area contributed by atoms with E-state index in [0.29, 0.717) is 12.1 Å². The summed E-state index contributed by atoms with van der Waals surface area (Å²) in [6.07, 6.45) is -9.84. The first-order valence-corrected chi connectivity index (χ1v) is 4.34. The van der Waals surface area contributed by atoms with Crippen molar-refractivity contribution in [2.75, 3.05) is 0 Å². The zero-order chi connectivity index (χ0) is 14.0. The standard InChI is InChI=1S/C8H5BF6O3/c10-7(11,12)5-2-1-3-6(4-5)17-9(16)18-8(13,14)15/h1-4,16H. The van der Waals surface area contributed by atoms with Gasteiger partial charge in [-0.25, -0.2) is 0 Å². The highest BCUT2D eigenvalue weighted by Gasteiger charge is 2.39. The molecule has 0 aliphatic carbocycles. The summed E-state index contributed by atoms with van der Waals surface area (Å²) in [5, 5.41) is 8.69. The van der Waals surface area contributed by atoms with Crippen LogP contribution >= 0.6 is 0 Å². The number of benzene rings is 1. The Hall–Kier alpha value is -1.42. The quantitative estimate of drug-likeness (QED) is 0.680. The minimum atomic E-state index is -5.17. The maximum absolute atomic E-state index is 12.2. The highest BCUT2D eigenvalue weighted by atomic mass is 19.4. The van der Waals surface area contributed by atoms with E-state index in [1.165, 1.54) is 0 Å². The van der Waals surface area contributed by atoms with E-state index < -0.39 is 31.2 Å². The minimum Gasteiger partial charge on any atom is -0.512 e. The van der Waals surface area contributed by atoms with Crippen LogP contribution in [0.3, 0.4) is 0 Å². The molecule has 0 amide bonds. The normalized spacial score (nSPS) is 12.4. The largest absolute Gasteiger partial charge is 0.716 e. The molecule has 1 aromatic carbocycles. The van der Waals surface area contributed by atoms with Crippen molar-refractivity contribution < 1.29 is 40.7 Å². The van der Waals surface area contributed by atoms with E-state index >= 15 is 0 Å². The summed E-state index contributed by atoms with van der Waals surface area (Å²) >= 11 is 0. The predicted molar refractivity (Wildman–Crippen MR) is 47.2 cm³/mol. The minimum absolute atomic E-state index is 0.433. The summed E-state index contributed by atoms with van der Waals surface area (Å²) in [6, 6.07) is 2.99. The van der Waals surface area contributed by atoms with Crippen molar-refractivity contribution in [2.45, 2.75) is 12.5 Å². The van der Waals surface area contributed by atoms with Gasteiger partial charge in [-0.05, 0) is 18.2 Å². The fourth-order valence-electron chi connectivity index (χ4n) is 1.00. The van der Waals surface area contributed by atoms with Gasteiger partial charge in [-0.2, -0.15) is 13.2 Å². The van der Waals surface area contributed by atoms with E-state index in [1.807, 2.05) is 0 Å². The molecule has 18 heavy (non-hydrogen) atoms. The van der Waals surface area contributed by atoms with Crippen molar-refractivity contribution in [3.8, 4) is 5.75 Å². The molecule has 0 spiro atoms. The predicted octanol–water partition coefficient (Wildman–Crippen LogP) is 2.60. The summed E-state index contributed by atoms with van der Waals surface area (Å²) < 4.78 is 78.8. The van der Waals surface area contributed by atoms with Crippen molar-refractivity contribution in [3.05, 3.63) is 29.8 Å². The lowest BCUT2D eigenvalue weighted by atomic mass is 10.2. The Morgan fingerprint density at radius 1 is 1.06 bits per heavy atom. The molecule has 0 saturated heterocycles. The molecule has 0 aromatic heterocycles. The van der Waals surface area contributed by atoms with Gasteiger partial charge in [0.05, 0.1) is 5.56 Å². The van der Waals surface area contributed by atoms with E-state index in [2.05, 4.69) is 9.31 Å². The monoisotopic (exact) mass is 274 g/mol. The van der Waals surface area contributed by atoms with E-state index in [0.717, 1.165) is 12.1 Å². The molecule has 0 radical (unpaired) electrons. The maximum atomic E-state index is 12.2. The third kappa shape index (κ3) is 4.84. The van der Waals surface area contributed by atoms with Gasteiger partial charge < -0.3 is 9.68 Å². The Balaban J connectivity index is 2.74. The summed E-state index contributed by atoms with van der Waals surface area (Å²) in [6.45, 7) is 0. The van der Waals surface area contributed by atoms with Gasteiger partial charge in [-0.3, -0.25) is 4.65 Å². The van der Waals surface area contributed by atoms with Crippen LogP contribution in [0.25, 0.3) is 0 Å². The highest BCUT2D eigenvalue weighted by Crippen LogP contribution is 2.31. The van der Waals surface area contributed by atoms with Crippen molar-refractivity contribution in [3.63, 3.8) is 0 Å². The molecule has 0 atom stereocenters. The van der Waals surface area contributed by atoms with Gasteiger partial charge in [0.2, 0.25) is 0 Å². The smallest absolute Gasteiger partial charge is 0.512 e. The summed E-state index contributed by atoms with van der Waals surface area (Å²) in [5.74, 6) is -0.610. The molecule has 1 N–H and O–H groups in total. The summed E-state index contributed by atoms with van der Waals surface area (Å²) in [7, 11) is -2.74. The third-order valence-electron chi connectivity index (χ3n) is 1.63. The molecule has 3 nitrogen and oxygen atoms in total. The first-order chi connectivity index (χ1) is 8.08. The average Bonchev–Trinajstić information content (AvgIpc) is 2.13. The fourth-order valence-corrected chi connectivity index (χ4v) is 1.00. The van der Waals surface area contributed by atoms with Crippen LogP contribution in [0, 0.1) is 0 Å². The molecule has 0 unspecified atom stereocenters. The molecular formula is C8H5BF6O3. The second-order valence-corrected chi connectivity index (χ2v) is 3.01. The Labute approximate surface area is 97.1 Å². The van der Waals surface area contributed by atoms with Crippen LogP contribution in [0.15, 0.2) is 24.3 Å². The van der Waals surface area contributed by atoms with Gasteiger partial charge in [0.1, 0.15) is 5.75 Å². The van der Waals surface area contributed by atoms with Gasteiger partial charge >= 0.3 is 19.9 Å². The average molecular weight is 274 g/mol. The lowest BCUT2D eigenvalue weighted by Crippen LogP contribution is -2.33. The fraction of sp³-hybridized carbons (Fsp3) is 0.250. The summed E-state index contributed by atoms with van der Waals surface area (Å²) in [5.41, 5.74) is -1.13. The lowest BCUT2D eigenvalue weighted by Gasteiger charge is -2.13. The second kappa shape index (κ2) is 5.06. The van der Waals surface area contributed by atoms with Gasteiger partial charge in [-0.1, -0.05) is 6.07 Å². The Morgan fingerprint density at radius 2 is 1.67 bits per heavy atom. The highest BCUT2D eigenvalue weighted by molar-refractivity contribution is 6.35. The molecule has 10 heteroatoms. The van der Waals surface area contributed by atoms with Crippen LogP contribution in [-0.2, 0) is 10.8 Å². The van der Waals surface area contributed by atoms with Crippen LogP contribution in [0.4, 0.5) is 26.3 Å². The number of hydrogen-bond donors (Lipinski definition) is 1. The molecule has 100 valence electrons. The first-order valence-electron chi connectivity index (χ1n) is 4.34. The third-order valence-corrected chi connectivity index (χ3v) is 1.63. The van der Waals surface area contributed by atoms with Crippen LogP contribution in [0.1, 0.15) is 5.56 Å². The van der Waals surface area contributed by atoms with E-state index in [1.54, 1.807) is 0 Å². The molecule has 0 bridgehead atoms.